The van der Waals surface area contributed by atoms with E-state index in [2.05, 4.69) is 15.5 Å². The molecule has 0 bridgehead atoms. The molecule has 1 N–H and O–H groups in total. The van der Waals surface area contributed by atoms with E-state index in [9.17, 15) is 9.59 Å². The second-order valence-corrected chi connectivity index (χ2v) is 6.96. The molecule has 2 aromatic rings. The van der Waals surface area contributed by atoms with Crippen molar-refractivity contribution in [3.8, 4) is 0 Å². The van der Waals surface area contributed by atoms with Gasteiger partial charge in [0.05, 0.1) is 12.6 Å². The molecule has 1 fully saturated rings. The molecule has 1 saturated heterocycles. The molecule has 1 aliphatic rings. The maximum absolute atomic E-state index is 12.8. The molecule has 8 nitrogen and oxygen atoms in total. The number of aromatic nitrogens is 2. The summed E-state index contributed by atoms with van der Waals surface area (Å²) in [6, 6.07) is 7.17. The number of ether oxygens (including phenoxy) is 1. The summed E-state index contributed by atoms with van der Waals surface area (Å²) >= 11 is 0. The van der Waals surface area contributed by atoms with Crippen LogP contribution in [0.15, 0.2) is 28.8 Å². The minimum atomic E-state index is -0.815. The highest BCUT2D eigenvalue weighted by Gasteiger charge is 2.40. The van der Waals surface area contributed by atoms with Crippen LogP contribution in [0.5, 0.6) is 0 Å². The van der Waals surface area contributed by atoms with E-state index in [-0.39, 0.29) is 30.9 Å². The number of morpholine rings is 1. The number of likely N-dealkylation sites (N-methyl/N-ethyl adjacent to an activating group) is 1. The average molecular weight is 372 g/mol. The maximum atomic E-state index is 12.8. The van der Waals surface area contributed by atoms with Crippen LogP contribution in [-0.4, -0.2) is 46.6 Å². The molecule has 1 aromatic carbocycles. The molecule has 27 heavy (non-hydrogen) atoms. The zero-order valence-corrected chi connectivity index (χ0v) is 15.9. The van der Waals surface area contributed by atoms with E-state index in [0.717, 1.165) is 11.1 Å². The Morgan fingerprint density at radius 2 is 2.11 bits per heavy atom. The van der Waals surface area contributed by atoms with Crippen molar-refractivity contribution in [2.45, 2.75) is 45.4 Å². The highest BCUT2D eigenvalue weighted by atomic mass is 16.5. The quantitative estimate of drug-likeness (QED) is 0.858. The van der Waals surface area contributed by atoms with Crippen LogP contribution in [0.3, 0.4) is 0 Å². The van der Waals surface area contributed by atoms with Gasteiger partial charge in [-0.2, -0.15) is 4.98 Å². The number of carbonyl (C=O) groups excluding carboxylic acids is 2. The van der Waals surface area contributed by atoms with Crippen molar-refractivity contribution in [1.82, 2.24) is 20.4 Å². The number of hydrogen-bond acceptors (Lipinski definition) is 6. The van der Waals surface area contributed by atoms with Crippen LogP contribution in [0.4, 0.5) is 0 Å². The molecule has 3 rings (SSSR count). The number of hydrogen-bond donors (Lipinski definition) is 1. The fourth-order valence-corrected chi connectivity index (χ4v) is 3.06. The molecule has 2 atom stereocenters. The fourth-order valence-electron chi connectivity index (χ4n) is 3.06. The topological polar surface area (TPSA) is 97.6 Å². The fraction of sp³-hybridized carbons (Fsp3) is 0.474. The lowest BCUT2D eigenvalue weighted by Crippen LogP contribution is -2.53. The van der Waals surface area contributed by atoms with Gasteiger partial charge in [-0.25, -0.2) is 0 Å². The summed E-state index contributed by atoms with van der Waals surface area (Å²) in [6.45, 7) is 5.85. The predicted molar refractivity (Wildman–Crippen MR) is 96.7 cm³/mol. The lowest BCUT2D eigenvalue weighted by Gasteiger charge is -2.38. The third-order valence-corrected chi connectivity index (χ3v) is 4.65. The minimum absolute atomic E-state index is 0.119. The highest BCUT2D eigenvalue weighted by Crippen LogP contribution is 2.31. The van der Waals surface area contributed by atoms with Crippen molar-refractivity contribution in [2.75, 3.05) is 13.7 Å². The number of rotatable bonds is 5. The Labute approximate surface area is 157 Å². The van der Waals surface area contributed by atoms with Gasteiger partial charge in [-0.3, -0.25) is 9.59 Å². The van der Waals surface area contributed by atoms with Crippen LogP contribution in [0.1, 0.15) is 48.6 Å². The van der Waals surface area contributed by atoms with Gasteiger partial charge in [0.2, 0.25) is 11.8 Å². The minimum Gasteiger partial charge on any atom is -0.356 e. The van der Waals surface area contributed by atoms with Crippen molar-refractivity contribution >= 4 is 11.8 Å². The summed E-state index contributed by atoms with van der Waals surface area (Å²) in [7, 11) is 1.69. The monoisotopic (exact) mass is 372 g/mol. The maximum Gasteiger partial charge on any atom is 0.252 e. The number of aryl methyl sites for hydroxylation is 1. The van der Waals surface area contributed by atoms with E-state index >= 15 is 0 Å². The first-order valence-corrected chi connectivity index (χ1v) is 8.91. The molecule has 2 amide bonds. The van der Waals surface area contributed by atoms with Crippen molar-refractivity contribution in [3.05, 3.63) is 47.1 Å². The van der Waals surface area contributed by atoms with E-state index in [1.807, 2.05) is 45.0 Å². The molecular weight excluding hydrogens is 348 g/mol. The summed E-state index contributed by atoms with van der Waals surface area (Å²) in [5.41, 5.74) is 1.88. The molecule has 0 aliphatic carbocycles. The summed E-state index contributed by atoms with van der Waals surface area (Å²) < 4.78 is 10.8. The molecule has 1 aliphatic heterocycles. The van der Waals surface area contributed by atoms with Crippen molar-refractivity contribution in [1.29, 1.82) is 0 Å². The third kappa shape index (κ3) is 4.00. The van der Waals surface area contributed by atoms with E-state index in [0.29, 0.717) is 11.7 Å². The van der Waals surface area contributed by atoms with Crippen LogP contribution in [0, 0.1) is 6.92 Å². The van der Waals surface area contributed by atoms with Gasteiger partial charge in [-0.05, 0) is 18.1 Å². The number of benzene rings is 1. The van der Waals surface area contributed by atoms with E-state index in [1.165, 1.54) is 0 Å². The van der Waals surface area contributed by atoms with E-state index in [4.69, 9.17) is 9.26 Å². The van der Waals surface area contributed by atoms with Gasteiger partial charge in [0.1, 0.15) is 6.61 Å². The van der Waals surface area contributed by atoms with Gasteiger partial charge in [-0.1, -0.05) is 43.3 Å². The largest absolute Gasteiger partial charge is 0.356 e. The molecule has 0 spiro atoms. The molecule has 144 valence electrons. The zero-order chi connectivity index (χ0) is 19.6. The molecule has 0 saturated carbocycles. The van der Waals surface area contributed by atoms with Crippen LogP contribution >= 0.6 is 0 Å². The molecule has 2 heterocycles. The summed E-state index contributed by atoms with van der Waals surface area (Å²) in [4.78, 5) is 30.8. The van der Waals surface area contributed by atoms with Gasteiger partial charge in [-0.15, -0.1) is 0 Å². The second-order valence-electron chi connectivity index (χ2n) is 6.96. The number of amides is 2. The standard InChI is InChI=1S/C19H24N4O4/c1-11(2)19-21-14(22-27-19)9-20-18(25)17-16(23(4)15(24)10-26-17)13-8-6-5-7-12(13)3/h5-8,11,16-17H,9-10H2,1-4H3,(H,20,25)/t16-,17+/m1/s1. The van der Waals surface area contributed by atoms with E-state index < -0.39 is 12.1 Å². The first-order chi connectivity index (χ1) is 12.9. The zero-order valence-electron chi connectivity index (χ0n) is 15.9. The molecule has 8 heteroatoms. The molecule has 1 aromatic heterocycles. The lowest BCUT2D eigenvalue weighted by molar-refractivity contribution is -0.162. The lowest BCUT2D eigenvalue weighted by atomic mass is 9.94. The number of nitrogens with one attached hydrogen (secondary N) is 1. The van der Waals surface area contributed by atoms with E-state index in [1.54, 1.807) is 11.9 Å². The first kappa shape index (κ1) is 19.0. The summed E-state index contributed by atoms with van der Waals surface area (Å²) in [5, 5.41) is 6.66. The van der Waals surface area contributed by atoms with Crippen molar-refractivity contribution in [2.24, 2.45) is 0 Å². The molecular formula is C19H24N4O4. The van der Waals surface area contributed by atoms with Crippen LogP contribution < -0.4 is 5.32 Å². The molecule has 0 radical (unpaired) electrons. The second kappa shape index (κ2) is 7.87. The first-order valence-electron chi connectivity index (χ1n) is 8.91. The summed E-state index contributed by atoms with van der Waals surface area (Å²) in [5.74, 6) is 0.565. The number of nitrogens with zero attached hydrogens (tertiary/aromatic N) is 3. The smallest absolute Gasteiger partial charge is 0.252 e. The number of carbonyl (C=O) groups is 2. The average Bonchev–Trinajstić information content (AvgIpc) is 3.12. The van der Waals surface area contributed by atoms with Gasteiger partial charge in [0.25, 0.3) is 5.91 Å². The SMILES string of the molecule is Cc1ccccc1[C@@H]1[C@@H](C(=O)NCc2noc(C(C)C)n2)OCC(=O)N1C. The van der Waals surface area contributed by atoms with Gasteiger partial charge in [0.15, 0.2) is 11.9 Å². The Morgan fingerprint density at radius 3 is 2.78 bits per heavy atom. The Hall–Kier alpha value is -2.74. The Balaban J connectivity index is 1.76. The normalized spacial score (nSPS) is 20.2. The third-order valence-electron chi connectivity index (χ3n) is 4.65. The van der Waals surface area contributed by atoms with Gasteiger partial charge < -0.3 is 19.5 Å². The highest BCUT2D eigenvalue weighted by molar-refractivity contribution is 5.86. The van der Waals surface area contributed by atoms with Crippen molar-refractivity contribution < 1.29 is 18.8 Å². The Morgan fingerprint density at radius 1 is 1.37 bits per heavy atom. The van der Waals surface area contributed by atoms with Crippen LogP contribution in [0.25, 0.3) is 0 Å². The van der Waals surface area contributed by atoms with Crippen LogP contribution in [-0.2, 0) is 20.9 Å². The van der Waals surface area contributed by atoms with Gasteiger partial charge in [0, 0.05) is 13.0 Å². The summed E-state index contributed by atoms with van der Waals surface area (Å²) in [6.07, 6.45) is -0.815. The van der Waals surface area contributed by atoms with Crippen molar-refractivity contribution in [3.63, 3.8) is 0 Å². The van der Waals surface area contributed by atoms with Crippen LogP contribution in [0.2, 0.25) is 0 Å². The van der Waals surface area contributed by atoms with Gasteiger partial charge >= 0.3 is 0 Å². The Bertz CT molecular complexity index is 833. The predicted octanol–water partition coefficient (Wildman–Crippen LogP) is 1.72. The Kier molecular flexibility index (Phi) is 5.55. The molecule has 0 unspecified atom stereocenters.